The zero-order valence-corrected chi connectivity index (χ0v) is 5.10. The Hall–Kier alpha value is -0.0400. The van der Waals surface area contributed by atoms with Crippen molar-refractivity contribution in [3.8, 4) is 0 Å². The van der Waals surface area contributed by atoms with Crippen molar-refractivity contribution in [3.63, 3.8) is 0 Å². The van der Waals surface area contributed by atoms with Crippen LogP contribution in [0.5, 0.6) is 0 Å². The monoisotopic (exact) mass is 112 g/mol. The van der Waals surface area contributed by atoms with Gasteiger partial charge in [0.25, 0.3) is 0 Å². The first kappa shape index (κ1) is 4.80. The summed E-state index contributed by atoms with van der Waals surface area (Å²) in [4.78, 5) is 0. The summed E-state index contributed by atoms with van der Waals surface area (Å²) in [6, 6.07) is 0. The smallest absolute Gasteiger partial charge is 0.0603 e. The van der Waals surface area contributed by atoms with Crippen molar-refractivity contribution in [2.75, 3.05) is 0 Å². The molecule has 1 aliphatic carbocycles. The fraction of sp³-hybridized carbons (Fsp3) is 1.00. The first-order valence-corrected chi connectivity index (χ1v) is 3.60. The minimum atomic E-state index is 0.669. The summed E-state index contributed by atoms with van der Waals surface area (Å²) in [5, 5.41) is 0. The zero-order valence-electron chi connectivity index (χ0n) is 5.10. The quantitative estimate of drug-likeness (QED) is 0.463. The van der Waals surface area contributed by atoms with E-state index in [0.717, 1.165) is 0 Å². The van der Waals surface area contributed by atoms with Crippen LogP contribution in [0.3, 0.4) is 0 Å². The molecule has 46 valence electrons. The Kier molecular flexibility index (Phi) is 1.04. The summed E-state index contributed by atoms with van der Waals surface area (Å²) in [6.45, 7) is 0. The standard InChI is InChI=1S/C7H12O/c1-2-4-7-5-6(3-1)8-7/h6-7H,1-5H2. The summed E-state index contributed by atoms with van der Waals surface area (Å²) in [7, 11) is 0. The number of hydrogen-bond donors (Lipinski definition) is 0. The van der Waals surface area contributed by atoms with Gasteiger partial charge in [-0.3, -0.25) is 0 Å². The van der Waals surface area contributed by atoms with Crippen LogP contribution in [0.4, 0.5) is 0 Å². The molecule has 2 heterocycles. The third-order valence-electron chi connectivity index (χ3n) is 2.21. The van der Waals surface area contributed by atoms with Crippen LogP contribution in [0.25, 0.3) is 0 Å². The van der Waals surface area contributed by atoms with Crippen molar-refractivity contribution >= 4 is 0 Å². The summed E-state index contributed by atoms with van der Waals surface area (Å²) >= 11 is 0. The number of ether oxygens (including phenoxy) is 1. The molecule has 0 N–H and O–H groups in total. The lowest BCUT2D eigenvalue weighted by atomic mass is 10.0. The van der Waals surface area contributed by atoms with E-state index in [1.54, 1.807) is 0 Å². The van der Waals surface area contributed by atoms with Gasteiger partial charge in [0.2, 0.25) is 0 Å². The van der Waals surface area contributed by atoms with Crippen LogP contribution in [0.15, 0.2) is 0 Å². The molecule has 3 rings (SSSR count). The maximum Gasteiger partial charge on any atom is 0.0603 e. The van der Waals surface area contributed by atoms with Crippen LogP contribution < -0.4 is 0 Å². The van der Waals surface area contributed by atoms with E-state index in [1.165, 1.54) is 32.1 Å². The molecule has 0 radical (unpaired) electrons. The van der Waals surface area contributed by atoms with Crippen LogP contribution in [0.1, 0.15) is 32.1 Å². The minimum Gasteiger partial charge on any atom is -0.375 e. The summed E-state index contributed by atoms with van der Waals surface area (Å²) in [5.74, 6) is 0. The highest BCUT2D eigenvalue weighted by atomic mass is 16.5. The van der Waals surface area contributed by atoms with Gasteiger partial charge >= 0.3 is 0 Å². The maximum atomic E-state index is 5.50. The van der Waals surface area contributed by atoms with E-state index in [4.69, 9.17) is 4.74 Å². The molecule has 8 heavy (non-hydrogen) atoms. The summed E-state index contributed by atoms with van der Waals surface area (Å²) in [6.07, 6.45) is 8.17. The lowest BCUT2D eigenvalue weighted by molar-refractivity contribution is -0.118. The van der Waals surface area contributed by atoms with E-state index >= 15 is 0 Å². The van der Waals surface area contributed by atoms with Gasteiger partial charge in [0.1, 0.15) is 0 Å². The van der Waals surface area contributed by atoms with Crippen molar-refractivity contribution in [2.24, 2.45) is 0 Å². The molecular weight excluding hydrogens is 100 g/mol. The normalized spacial score (nSPS) is 45.0. The number of rotatable bonds is 0. The third kappa shape index (κ3) is 0.655. The Morgan fingerprint density at radius 1 is 1.00 bits per heavy atom. The molecule has 0 aromatic heterocycles. The van der Waals surface area contributed by atoms with Crippen molar-refractivity contribution in [2.45, 2.75) is 44.3 Å². The highest BCUT2D eigenvalue weighted by Gasteiger charge is 2.31. The second kappa shape index (κ2) is 1.73. The predicted octanol–water partition coefficient (Wildman–Crippen LogP) is 1.72. The van der Waals surface area contributed by atoms with Gasteiger partial charge < -0.3 is 4.74 Å². The first-order valence-electron chi connectivity index (χ1n) is 3.60. The topological polar surface area (TPSA) is 9.23 Å². The van der Waals surface area contributed by atoms with Gasteiger partial charge in [-0.25, -0.2) is 0 Å². The first-order chi connectivity index (χ1) is 3.95. The number of hydrogen-bond acceptors (Lipinski definition) is 1. The maximum absolute atomic E-state index is 5.50. The van der Waals surface area contributed by atoms with E-state index in [2.05, 4.69) is 0 Å². The van der Waals surface area contributed by atoms with Crippen LogP contribution in [-0.4, -0.2) is 12.2 Å². The van der Waals surface area contributed by atoms with Gasteiger partial charge in [0.05, 0.1) is 12.2 Å². The molecule has 1 nitrogen and oxygen atoms in total. The van der Waals surface area contributed by atoms with E-state index in [-0.39, 0.29) is 0 Å². The fourth-order valence-corrected chi connectivity index (χ4v) is 1.67. The van der Waals surface area contributed by atoms with Crippen molar-refractivity contribution in [1.29, 1.82) is 0 Å². The van der Waals surface area contributed by atoms with Crippen LogP contribution in [0, 0.1) is 0 Å². The number of fused-ring (bicyclic) bond motifs is 3. The molecular formula is C7H12O. The average molecular weight is 112 g/mol. The molecule has 0 aromatic rings. The largest absolute Gasteiger partial charge is 0.375 e. The third-order valence-corrected chi connectivity index (χ3v) is 2.21. The van der Waals surface area contributed by atoms with Crippen molar-refractivity contribution in [1.82, 2.24) is 0 Å². The highest BCUT2D eigenvalue weighted by Crippen LogP contribution is 2.32. The molecule has 2 saturated heterocycles. The van der Waals surface area contributed by atoms with Crippen molar-refractivity contribution < 1.29 is 4.74 Å². The SMILES string of the molecule is C1CCC2CC(C1)O2. The van der Waals surface area contributed by atoms with Gasteiger partial charge in [-0.05, 0) is 19.3 Å². The molecule has 2 bridgehead atoms. The molecule has 0 spiro atoms. The Bertz CT molecular complexity index is 68.9. The lowest BCUT2D eigenvalue weighted by Gasteiger charge is -2.32. The fourth-order valence-electron chi connectivity index (χ4n) is 1.67. The molecule has 1 saturated carbocycles. The van der Waals surface area contributed by atoms with Crippen LogP contribution in [0.2, 0.25) is 0 Å². The molecule has 0 amide bonds. The Morgan fingerprint density at radius 3 is 2.00 bits per heavy atom. The average Bonchev–Trinajstić information content (AvgIpc) is 1.89. The van der Waals surface area contributed by atoms with Gasteiger partial charge in [-0.15, -0.1) is 0 Å². The van der Waals surface area contributed by atoms with Crippen LogP contribution >= 0.6 is 0 Å². The van der Waals surface area contributed by atoms with Gasteiger partial charge in [0, 0.05) is 0 Å². The molecule has 1 heteroatoms. The van der Waals surface area contributed by atoms with Gasteiger partial charge in [-0.2, -0.15) is 0 Å². The minimum absolute atomic E-state index is 0.669. The van der Waals surface area contributed by atoms with Gasteiger partial charge in [-0.1, -0.05) is 12.8 Å². The Morgan fingerprint density at radius 2 is 1.50 bits per heavy atom. The van der Waals surface area contributed by atoms with E-state index < -0.39 is 0 Å². The lowest BCUT2D eigenvalue weighted by Crippen LogP contribution is -2.34. The second-order valence-corrected chi connectivity index (χ2v) is 2.90. The molecule has 3 fully saturated rings. The zero-order chi connectivity index (χ0) is 5.40. The summed E-state index contributed by atoms with van der Waals surface area (Å²) in [5.41, 5.74) is 0. The van der Waals surface area contributed by atoms with E-state index in [1.807, 2.05) is 0 Å². The predicted molar refractivity (Wildman–Crippen MR) is 31.7 cm³/mol. The molecule has 3 aliphatic rings. The van der Waals surface area contributed by atoms with Crippen LogP contribution in [-0.2, 0) is 4.74 Å². The van der Waals surface area contributed by atoms with E-state index in [0.29, 0.717) is 12.2 Å². The molecule has 0 aromatic carbocycles. The Labute approximate surface area is 50.0 Å². The molecule has 2 unspecified atom stereocenters. The highest BCUT2D eigenvalue weighted by molar-refractivity contribution is 4.80. The Balaban J connectivity index is 1.95. The molecule has 2 aliphatic heterocycles. The van der Waals surface area contributed by atoms with E-state index in [9.17, 15) is 0 Å². The molecule has 2 atom stereocenters. The summed E-state index contributed by atoms with van der Waals surface area (Å²) < 4.78 is 5.50. The van der Waals surface area contributed by atoms with Gasteiger partial charge in [0.15, 0.2) is 0 Å². The second-order valence-electron chi connectivity index (χ2n) is 2.90. The van der Waals surface area contributed by atoms with Crippen molar-refractivity contribution in [3.05, 3.63) is 0 Å².